The second-order valence-electron chi connectivity index (χ2n) is 6.70. The summed E-state index contributed by atoms with van der Waals surface area (Å²) in [5.41, 5.74) is 4.13. The molecule has 0 aliphatic heterocycles. The number of hydrogen-bond acceptors (Lipinski definition) is 3. The van der Waals surface area contributed by atoms with Crippen LogP contribution < -0.4 is 5.32 Å². The molecule has 1 aromatic rings. The zero-order valence-corrected chi connectivity index (χ0v) is 14.4. The molecule has 0 aromatic carbocycles. The summed E-state index contributed by atoms with van der Waals surface area (Å²) in [4.78, 5) is 2.39. The van der Waals surface area contributed by atoms with Crippen molar-refractivity contribution in [2.75, 3.05) is 26.7 Å². The van der Waals surface area contributed by atoms with E-state index < -0.39 is 0 Å². The van der Waals surface area contributed by atoms with E-state index in [1.807, 2.05) is 0 Å². The van der Waals surface area contributed by atoms with Gasteiger partial charge >= 0.3 is 0 Å². The van der Waals surface area contributed by atoms with Gasteiger partial charge in [-0.3, -0.25) is 4.68 Å². The van der Waals surface area contributed by atoms with Gasteiger partial charge in [0.15, 0.2) is 0 Å². The molecule has 1 heterocycles. The summed E-state index contributed by atoms with van der Waals surface area (Å²) >= 11 is 0. The van der Waals surface area contributed by atoms with Crippen molar-refractivity contribution in [3.8, 4) is 0 Å². The molecule has 0 unspecified atom stereocenters. The van der Waals surface area contributed by atoms with E-state index in [1.54, 1.807) is 0 Å². The Morgan fingerprint density at radius 3 is 2.35 bits per heavy atom. The first-order valence-corrected chi connectivity index (χ1v) is 7.71. The van der Waals surface area contributed by atoms with Gasteiger partial charge in [0.05, 0.1) is 5.69 Å². The van der Waals surface area contributed by atoms with Crippen molar-refractivity contribution in [3.63, 3.8) is 0 Å². The first kappa shape index (κ1) is 17.2. The van der Waals surface area contributed by atoms with Crippen LogP contribution in [0.25, 0.3) is 0 Å². The molecule has 1 rings (SSSR count). The fraction of sp³-hybridized carbons (Fsp3) is 0.812. The smallest absolute Gasteiger partial charge is 0.0628 e. The molecule has 0 aliphatic carbocycles. The van der Waals surface area contributed by atoms with Crippen molar-refractivity contribution in [1.82, 2.24) is 20.0 Å². The molecule has 0 radical (unpaired) electrons. The Morgan fingerprint density at radius 1 is 1.20 bits per heavy atom. The van der Waals surface area contributed by atoms with Crippen molar-refractivity contribution >= 4 is 0 Å². The van der Waals surface area contributed by atoms with Gasteiger partial charge in [-0.1, -0.05) is 0 Å². The molecule has 0 saturated heterocycles. The number of likely N-dealkylation sites (N-methyl/N-ethyl adjacent to an activating group) is 1. The van der Waals surface area contributed by atoms with Gasteiger partial charge in [-0.2, -0.15) is 5.10 Å². The molecule has 1 N–H and O–H groups in total. The maximum atomic E-state index is 4.59. The average molecular weight is 280 g/mol. The van der Waals surface area contributed by atoms with Gasteiger partial charge in [0.25, 0.3) is 0 Å². The zero-order chi connectivity index (χ0) is 15.3. The van der Waals surface area contributed by atoms with E-state index in [0.717, 1.165) is 32.6 Å². The third-order valence-corrected chi connectivity index (χ3v) is 3.72. The Kier molecular flexibility index (Phi) is 6.21. The maximum Gasteiger partial charge on any atom is 0.0628 e. The number of aryl methyl sites for hydroxylation is 2. The van der Waals surface area contributed by atoms with Crippen molar-refractivity contribution in [2.45, 2.75) is 60.0 Å². The number of hydrogen-bond donors (Lipinski definition) is 1. The molecular weight excluding hydrogens is 248 g/mol. The van der Waals surface area contributed by atoms with Crippen LogP contribution in [0.15, 0.2) is 0 Å². The lowest BCUT2D eigenvalue weighted by Crippen LogP contribution is -2.40. The van der Waals surface area contributed by atoms with Crippen LogP contribution in [0.4, 0.5) is 0 Å². The van der Waals surface area contributed by atoms with Crippen LogP contribution in [-0.4, -0.2) is 46.9 Å². The average Bonchev–Trinajstić information content (AvgIpc) is 2.60. The van der Waals surface area contributed by atoms with Gasteiger partial charge in [-0.15, -0.1) is 0 Å². The van der Waals surface area contributed by atoms with Crippen LogP contribution in [0.1, 0.15) is 44.6 Å². The van der Waals surface area contributed by atoms with Crippen molar-refractivity contribution in [2.24, 2.45) is 0 Å². The molecular formula is C16H32N4. The highest BCUT2D eigenvalue weighted by Gasteiger charge is 2.12. The zero-order valence-electron chi connectivity index (χ0n) is 14.4. The van der Waals surface area contributed by atoms with Gasteiger partial charge in [0.1, 0.15) is 0 Å². The van der Waals surface area contributed by atoms with E-state index in [1.165, 1.54) is 17.0 Å². The standard InChI is InChI=1S/C16H32N4/c1-8-20-14(3)15(13(2)18-20)9-11-19(7)12-10-17-16(4,5)6/h17H,8-12H2,1-7H3. The highest BCUT2D eigenvalue weighted by Crippen LogP contribution is 2.13. The van der Waals surface area contributed by atoms with Crippen molar-refractivity contribution in [1.29, 1.82) is 0 Å². The lowest BCUT2D eigenvalue weighted by Gasteiger charge is -2.23. The number of nitrogens with one attached hydrogen (secondary N) is 1. The van der Waals surface area contributed by atoms with E-state index in [-0.39, 0.29) is 5.54 Å². The predicted molar refractivity (Wildman–Crippen MR) is 86.3 cm³/mol. The summed E-state index contributed by atoms with van der Waals surface area (Å²) in [5, 5.41) is 8.12. The minimum atomic E-state index is 0.205. The lowest BCUT2D eigenvalue weighted by atomic mass is 10.1. The molecule has 20 heavy (non-hydrogen) atoms. The molecule has 0 amide bonds. The van der Waals surface area contributed by atoms with E-state index in [0.29, 0.717) is 0 Å². The quantitative estimate of drug-likeness (QED) is 0.832. The SMILES string of the molecule is CCn1nc(C)c(CCN(C)CCNC(C)(C)C)c1C. The molecule has 0 saturated carbocycles. The summed E-state index contributed by atoms with van der Waals surface area (Å²) in [7, 11) is 2.19. The first-order valence-electron chi connectivity index (χ1n) is 7.71. The summed E-state index contributed by atoms with van der Waals surface area (Å²) in [6, 6.07) is 0. The molecule has 0 spiro atoms. The largest absolute Gasteiger partial charge is 0.311 e. The fourth-order valence-corrected chi connectivity index (χ4v) is 2.44. The van der Waals surface area contributed by atoms with Crippen LogP contribution in [0.5, 0.6) is 0 Å². The van der Waals surface area contributed by atoms with Gasteiger partial charge in [0.2, 0.25) is 0 Å². The Morgan fingerprint density at radius 2 is 1.85 bits per heavy atom. The third kappa shape index (κ3) is 5.25. The monoisotopic (exact) mass is 280 g/mol. The van der Waals surface area contributed by atoms with Crippen molar-refractivity contribution in [3.05, 3.63) is 17.0 Å². The molecule has 0 aliphatic rings. The molecule has 116 valence electrons. The minimum Gasteiger partial charge on any atom is -0.311 e. The summed E-state index contributed by atoms with van der Waals surface area (Å²) in [5.74, 6) is 0. The number of rotatable bonds is 7. The Labute approximate surface area is 124 Å². The maximum absolute atomic E-state index is 4.59. The van der Waals surface area contributed by atoms with Crippen LogP contribution in [0, 0.1) is 13.8 Å². The van der Waals surface area contributed by atoms with Gasteiger partial charge in [-0.05, 0) is 60.6 Å². The van der Waals surface area contributed by atoms with Crippen molar-refractivity contribution < 1.29 is 0 Å². The predicted octanol–water partition coefficient (Wildman–Crippen LogP) is 2.38. The summed E-state index contributed by atoms with van der Waals surface area (Å²) in [6.07, 6.45) is 1.09. The Balaban J connectivity index is 2.41. The van der Waals surface area contributed by atoms with Gasteiger partial charge in [-0.25, -0.2) is 0 Å². The van der Waals surface area contributed by atoms with E-state index in [9.17, 15) is 0 Å². The van der Waals surface area contributed by atoms with Crippen LogP contribution in [0.2, 0.25) is 0 Å². The molecule has 0 atom stereocenters. The van der Waals surface area contributed by atoms with E-state index in [2.05, 4.69) is 68.6 Å². The molecule has 4 heteroatoms. The van der Waals surface area contributed by atoms with Crippen LogP contribution >= 0.6 is 0 Å². The lowest BCUT2D eigenvalue weighted by molar-refractivity contribution is 0.312. The Bertz CT molecular complexity index is 415. The molecule has 4 nitrogen and oxygen atoms in total. The third-order valence-electron chi connectivity index (χ3n) is 3.72. The topological polar surface area (TPSA) is 33.1 Å². The van der Waals surface area contributed by atoms with Gasteiger partial charge < -0.3 is 10.2 Å². The van der Waals surface area contributed by atoms with Crippen LogP contribution in [0.3, 0.4) is 0 Å². The summed E-state index contributed by atoms with van der Waals surface area (Å²) in [6.45, 7) is 17.2. The fourth-order valence-electron chi connectivity index (χ4n) is 2.44. The molecule has 0 fully saturated rings. The highest BCUT2D eigenvalue weighted by molar-refractivity contribution is 5.24. The molecule has 0 bridgehead atoms. The normalized spacial score (nSPS) is 12.4. The van der Waals surface area contributed by atoms with Crippen LogP contribution in [-0.2, 0) is 13.0 Å². The van der Waals surface area contributed by atoms with E-state index in [4.69, 9.17) is 0 Å². The highest BCUT2D eigenvalue weighted by atomic mass is 15.3. The van der Waals surface area contributed by atoms with Gasteiger partial charge in [0, 0.05) is 37.4 Å². The molecule has 1 aromatic heterocycles. The van der Waals surface area contributed by atoms with E-state index >= 15 is 0 Å². The second kappa shape index (κ2) is 7.23. The number of aromatic nitrogens is 2. The first-order chi connectivity index (χ1) is 9.24. The minimum absolute atomic E-state index is 0.205. The number of nitrogens with zero attached hydrogens (tertiary/aromatic N) is 3. The Hall–Kier alpha value is -0.870. The summed E-state index contributed by atoms with van der Waals surface area (Å²) < 4.78 is 2.10. The second-order valence-corrected chi connectivity index (χ2v) is 6.70.